The molecule has 7 nitrogen and oxygen atoms in total. The van der Waals surface area contributed by atoms with Crippen LogP contribution in [0.15, 0.2) is 54.0 Å². The van der Waals surface area contributed by atoms with Gasteiger partial charge in [-0.15, -0.1) is 11.3 Å². The fourth-order valence-electron chi connectivity index (χ4n) is 5.66. The first-order valence-electron chi connectivity index (χ1n) is 14.0. The Morgan fingerprint density at radius 3 is 2.71 bits per heavy atom. The molecule has 6 rings (SSSR count). The van der Waals surface area contributed by atoms with Crippen LogP contribution in [0.4, 0.5) is 4.79 Å². The van der Waals surface area contributed by atoms with Crippen molar-refractivity contribution in [3.63, 3.8) is 0 Å². The number of nitrogens with zero attached hydrogens (tertiary/aromatic N) is 4. The van der Waals surface area contributed by atoms with E-state index in [2.05, 4.69) is 68.7 Å². The molecule has 2 fully saturated rings. The van der Waals surface area contributed by atoms with Gasteiger partial charge in [-0.1, -0.05) is 55.7 Å². The van der Waals surface area contributed by atoms with Crippen molar-refractivity contribution in [3.8, 4) is 11.3 Å². The Hall–Kier alpha value is -2.94. The standard InChI is InChI=1S/C30H37N5O2S/c36-29(31-26-8-2-1-3-9-26)34(15-14-33-16-18-37-19-17-33)13-12-27-22-38-30-32-28(21-35(27)30)25-11-10-23-6-4-5-7-24(23)20-25/h4-7,10-11,20-22,26H,1-3,8-9,12-19H2,(H,31,36). The maximum atomic E-state index is 13.4. The summed E-state index contributed by atoms with van der Waals surface area (Å²) in [4.78, 5) is 23.7. The van der Waals surface area contributed by atoms with E-state index in [9.17, 15) is 4.79 Å². The molecule has 1 N–H and O–H groups in total. The number of carbonyl (C=O) groups excluding carboxylic acids is 1. The van der Waals surface area contributed by atoms with Crippen molar-refractivity contribution in [2.45, 2.75) is 44.6 Å². The van der Waals surface area contributed by atoms with Crippen LogP contribution in [-0.4, -0.2) is 77.2 Å². The summed E-state index contributed by atoms with van der Waals surface area (Å²) in [6.45, 7) is 5.75. The predicted molar refractivity (Wildman–Crippen MR) is 154 cm³/mol. The third kappa shape index (κ3) is 5.87. The minimum Gasteiger partial charge on any atom is -0.379 e. The van der Waals surface area contributed by atoms with Gasteiger partial charge in [-0.25, -0.2) is 9.78 Å². The largest absolute Gasteiger partial charge is 0.379 e. The summed E-state index contributed by atoms with van der Waals surface area (Å²) in [5.74, 6) is 0. The zero-order valence-electron chi connectivity index (χ0n) is 22.0. The molecular formula is C30H37N5O2S. The van der Waals surface area contributed by atoms with Gasteiger partial charge in [0, 0.05) is 68.0 Å². The summed E-state index contributed by atoms with van der Waals surface area (Å²) in [5.41, 5.74) is 3.32. The first kappa shape index (κ1) is 25.3. The molecule has 0 radical (unpaired) electrons. The highest BCUT2D eigenvalue weighted by atomic mass is 32.1. The Morgan fingerprint density at radius 1 is 1.05 bits per heavy atom. The van der Waals surface area contributed by atoms with Gasteiger partial charge in [-0.2, -0.15) is 0 Å². The predicted octanol–water partition coefficient (Wildman–Crippen LogP) is 5.44. The summed E-state index contributed by atoms with van der Waals surface area (Å²) in [7, 11) is 0. The number of aromatic nitrogens is 2. The third-order valence-corrected chi connectivity index (χ3v) is 8.87. The number of imidazole rings is 1. The van der Waals surface area contributed by atoms with Crippen LogP contribution in [0.5, 0.6) is 0 Å². The van der Waals surface area contributed by atoms with Crippen LogP contribution >= 0.6 is 11.3 Å². The van der Waals surface area contributed by atoms with Crippen LogP contribution < -0.4 is 5.32 Å². The second-order valence-electron chi connectivity index (χ2n) is 10.5. The number of ether oxygens (including phenoxy) is 1. The summed E-state index contributed by atoms with van der Waals surface area (Å²) >= 11 is 1.67. The molecule has 1 aliphatic carbocycles. The molecule has 3 heterocycles. The van der Waals surface area contributed by atoms with E-state index >= 15 is 0 Å². The van der Waals surface area contributed by atoms with Gasteiger partial charge in [0.25, 0.3) is 0 Å². The van der Waals surface area contributed by atoms with Crippen LogP contribution in [-0.2, 0) is 11.2 Å². The second kappa shape index (κ2) is 11.8. The zero-order chi connectivity index (χ0) is 25.7. The lowest BCUT2D eigenvalue weighted by Crippen LogP contribution is -2.49. The van der Waals surface area contributed by atoms with E-state index in [0.29, 0.717) is 12.6 Å². The first-order chi connectivity index (χ1) is 18.7. The van der Waals surface area contributed by atoms with E-state index in [1.807, 2.05) is 4.90 Å². The van der Waals surface area contributed by atoms with E-state index in [1.54, 1.807) is 11.3 Å². The number of fused-ring (bicyclic) bond motifs is 2. The third-order valence-electron chi connectivity index (χ3n) is 7.98. The summed E-state index contributed by atoms with van der Waals surface area (Å²) in [6.07, 6.45) is 8.85. The van der Waals surface area contributed by atoms with Gasteiger partial charge in [-0.3, -0.25) is 9.30 Å². The number of nitrogens with one attached hydrogen (secondary N) is 1. The average Bonchev–Trinajstić information content (AvgIpc) is 3.55. The average molecular weight is 532 g/mol. The van der Waals surface area contributed by atoms with Gasteiger partial charge in [0.1, 0.15) is 0 Å². The lowest BCUT2D eigenvalue weighted by atomic mass is 9.96. The molecular weight excluding hydrogens is 494 g/mol. The van der Waals surface area contributed by atoms with Crippen LogP contribution in [0.2, 0.25) is 0 Å². The highest BCUT2D eigenvalue weighted by Crippen LogP contribution is 2.27. The van der Waals surface area contributed by atoms with Crippen LogP contribution in [0, 0.1) is 0 Å². The molecule has 0 bridgehead atoms. The van der Waals surface area contributed by atoms with Crippen molar-refractivity contribution in [1.82, 2.24) is 24.5 Å². The van der Waals surface area contributed by atoms with Crippen molar-refractivity contribution in [3.05, 3.63) is 59.7 Å². The van der Waals surface area contributed by atoms with Gasteiger partial charge in [0.05, 0.1) is 18.9 Å². The Kier molecular flexibility index (Phi) is 7.90. The molecule has 4 aromatic rings. The highest BCUT2D eigenvalue weighted by Gasteiger charge is 2.22. The summed E-state index contributed by atoms with van der Waals surface area (Å²) in [6, 6.07) is 15.3. The lowest BCUT2D eigenvalue weighted by Gasteiger charge is -2.32. The second-order valence-corrected chi connectivity index (χ2v) is 11.4. The Labute approximate surface area is 228 Å². The van der Waals surface area contributed by atoms with Crippen molar-refractivity contribution >= 4 is 33.1 Å². The van der Waals surface area contributed by atoms with Crippen LogP contribution in [0.3, 0.4) is 0 Å². The van der Waals surface area contributed by atoms with Crippen molar-refractivity contribution in [2.75, 3.05) is 45.9 Å². The number of carbonyl (C=O) groups is 1. The number of hydrogen-bond donors (Lipinski definition) is 1. The number of rotatable bonds is 8. The van der Waals surface area contributed by atoms with Gasteiger partial charge in [0.2, 0.25) is 0 Å². The van der Waals surface area contributed by atoms with E-state index in [-0.39, 0.29) is 6.03 Å². The van der Waals surface area contributed by atoms with E-state index in [4.69, 9.17) is 9.72 Å². The van der Waals surface area contributed by atoms with Crippen molar-refractivity contribution in [1.29, 1.82) is 0 Å². The van der Waals surface area contributed by atoms with Crippen molar-refractivity contribution < 1.29 is 9.53 Å². The zero-order valence-corrected chi connectivity index (χ0v) is 22.8. The number of thiazole rings is 1. The molecule has 2 amide bonds. The first-order valence-corrected chi connectivity index (χ1v) is 14.9. The molecule has 1 saturated heterocycles. The summed E-state index contributed by atoms with van der Waals surface area (Å²) in [5, 5.41) is 7.99. The molecule has 0 spiro atoms. The normalized spacial score (nSPS) is 17.3. The SMILES string of the molecule is O=C(NC1CCCCC1)N(CCc1csc2nc(-c3ccc4ccccc4c3)cn12)CCN1CCOCC1. The molecule has 1 saturated carbocycles. The summed E-state index contributed by atoms with van der Waals surface area (Å²) < 4.78 is 7.71. The maximum Gasteiger partial charge on any atom is 0.317 e. The molecule has 0 atom stereocenters. The number of hydrogen-bond acceptors (Lipinski definition) is 5. The van der Waals surface area contributed by atoms with Gasteiger partial charge < -0.3 is 15.0 Å². The minimum atomic E-state index is 0.0825. The number of benzene rings is 2. The van der Waals surface area contributed by atoms with Crippen LogP contribution in [0.25, 0.3) is 27.0 Å². The van der Waals surface area contributed by atoms with E-state index < -0.39 is 0 Å². The molecule has 0 unspecified atom stereocenters. The quantitative estimate of drug-likeness (QED) is 0.329. The van der Waals surface area contributed by atoms with Crippen molar-refractivity contribution in [2.24, 2.45) is 0 Å². The Balaban J connectivity index is 1.15. The van der Waals surface area contributed by atoms with Gasteiger partial charge in [-0.05, 0) is 29.7 Å². The monoisotopic (exact) mass is 531 g/mol. The molecule has 8 heteroatoms. The number of morpholine rings is 1. The fraction of sp³-hybridized carbons (Fsp3) is 0.467. The Morgan fingerprint density at radius 2 is 1.87 bits per heavy atom. The fourth-order valence-corrected chi connectivity index (χ4v) is 6.57. The molecule has 2 aliphatic rings. The molecule has 1 aliphatic heterocycles. The number of amides is 2. The smallest absolute Gasteiger partial charge is 0.317 e. The molecule has 2 aromatic carbocycles. The molecule has 38 heavy (non-hydrogen) atoms. The van der Waals surface area contributed by atoms with Crippen LogP contribution in [0.1, 0.15) is 37.8 Å². The van der Waals surface area contributed by atoms with E-state index in [0.717, 1.165) is 74.9 Å². The topological polar surface area (TPSA) is 62.1 Å². The van der Waals surface area contributed by atoms with Gasteiger partial charge >= 0.3 is 6.03 Å². The minimum absolute atomic E-state index is 0.0825. The molecule has 2 aromatic heterocycles. The Bertz CT molecular complexity index is 1370. The lowest BCUT2D eigenvalue weighted by molar-refractivity contribution is 0.0349. The molecule has 200 valence electrons. The van der Waals surface area contributed by atoms with E-state index in [1.165, 1.54) is 35.7 Å². The number of urea groups is 1. The highest BCUT2D eigenvalue weighted by molar-refractivity contribution is 7.15. The van der Waals surface area contributed by atoms with Gasteiger partial charge in [0.15, 0.2) is 4.96 Å². The maximum absolute atomic E-state index is 13.4.